The van der Waals surface area contributed by atoms with Crippen molar-refractivity contribution in [3.63, 3.8) is 0 Å². The van der Waals surface area contributed by atoms with E-state index >= 15 is 0 Å². The Bertz CT molecular complexity index is 1300. The molecule has 0 saturated carbocycles. The van der Waals surface area contributed by atoms with Crippen molar-refractivity contribution in [3.8, 4) is 11.5 Å². The first-order chi connectivity index (χ1) is 16.4. The number of hydrogen-bond acceptors (Lipinski definition) is 5. The smallest absolute Gasteiger partial charge is 0.232 e. The Morgan fingerprint density at radius 3 is 2.53 bits per heavy atom. The van der Waals surface area contributed by atoms with Crippen molar-refractivity contribution in [3.05, 3.63) is 92.9 Å². The van der Waals surface area contributed by atoms with Crippen LogP contribution in [0.25, 0.3) is 6.08 Å². The third-order valence-electron chi connectivity index (χ3n) is 6.36. The second kappa shape index (κ2) is 9.24. The molecule has 5 rings (SSSR count). The topological polar surface area (TPSA) is 53.0 Å². The first-order valence-electron chi connectivity index (χ1n) is 11.2. The van der Waals surface area contributed by atoms with Crippen LogP contribution >= 0.6 is 15.9 Å². The molecule has 1 fully saturated rings. The van der Waals surface area contributed by atoms with Crippen LogP contribution in [0.1, 0.15) is 27.0 Å². The van der Waals surface area contributed by atoms with Gasteiger partial charge in [0.15, 0.2) is 5.76 Å². The molecule has 1 saturated heterocycles. The SMILES string of the molecule is Cc1cc(O)c(CN2CCN(c3ccccc3F)CC2)c2c1C(=O)/C(=C/c1ccccc1Br)O2. The number of aromatic hydroxyl groups is 1. The minimum Gasteiger partial charge on any atom is -0.507 e. The number of para-hydroxylation sites is 1. The summed E-state index contributed by atoms with van der Waals surface area (Å²) < 4.78 is 21.1. The third kappa shape index (κ3) is 4.21. The van der Waals surface area contributed by atoms with Gasteiger partial charge in [0.2, 0.25) is 5.78 Å². The number of aryl methyl sites for hydroxylation is 1. The molecule has 1 N–H and O–H groups in total. The van der Waals surface area contributed by atoms with Crippen molar-refractivity contribution >= 4 is 33.5 Å². The Hall–Kier alpha value is -3.16. The maximum absolute atomic E-state index is 14.2. The number of phenolic OH excluding ortho intramolecular Hbond substituents is 1. The fraction of sp³-hybridized carbons (Fsp3) is 0.222. The highest BCUT2D eigenvalue weighted by Crippen LogP contribution is 2.42. The number of phenols is 1. The standard InChI is InChI=1S/C27H24BrFN2O3/c1-17-14-23(32)19(16-30-10-12-31(13-11-30)22-9-5-4-8-21(22)29)27-25(17)26(33)24(34-27)15-18-6-2-3-7-20(18)28/h2-9,14-15,32H,10-13,16H2,1H3/b24-15-. The Balaban J connectivity index is 1.38. The Labute approximate surface area is 206 Å². The zero-order valence-electron chi connectivity index (χ0n) is 18.7. The highest BCUT2D eigenvalue weighted by molar-refractivity contribution is 9.10. The van der Waals surface area contributed by atoms with E-state index in [1.54, 1.807) is 31.2 Å². The van der Waals surface area contributed by atoms with E-state index in [0.717, 1.165) is 10.0 Å². The molecule has 34 heavy (non-hydrogen) atoms. The highest BCUT2D eigenvalue weighted by Gasteiger charge is 2.34. The molecule has 5 nitrogen and oxygen atoms in total. The number of carbonyl (C=O) groups is 1. The molecule has 3 aromatic carbocycles. The summed E-state index contributed by atoms with van der Waals surface area (Å²) in [4.78, 5) is 17.4. The van der Waals surface area contributed by atoms with E-state index in [9.17, 15) is 14.3 Å². The number of ketones is 1. The van der Waals surface area contributed by atoms with E-state index in [4.69, 9.17) is 4.74 Å². The fourth-order valence-corrected chi connectivity index (χ4v) is 4.94. The lowest BCUT2D eigenvalue weighted by Crippen LogP contribution is -2.46. The summed E-state index contributed by atoms with van der Waals surface area (Å²) in [6, 6.07) is 16.0. The van der Waals surface area contributed by atoms with Crippen molar-refractivity contribution in [1.29, 1.82) is 0 Å². The second-order valence-corrected chi connectivity index (χ2v) is 9.43. The molecule has 0 radical (unpaired) electrons. The van der Waals surface area contributed by atoms with Crippen LogP contribution in [0.3, 0.4) is 0 Å². The van der Waals surface area contributed by atoms with Gasteiger partial charge >= 0.3 is 0 Å². The summed E-state index contributed by atoms with van der Waals surface area (Å²) >= 11 is 3.51. The number of hydrogen-bond donors (Lipinski definition) is 1. The van der Waals surface area contributed by atoms with Crippen LogP contribution in [0.5, 0.6) is 11.5 Å². The summed E-state index contributed by atoms with van der Waals surface area (Å²) in [6.07, 6.45) is 1.72. The van der Waals surface area contributed by atoms with Gasteiger partial charge in [0.1, 0.15) is 17.3 Å². The number of carbonyl (C=O) groups excluding carboxylic acids is 1. The second-order valence-electron chi connectivity index (χ2n) is 8.57. The number of fused-ring (bicyclic) bond motifs is 1. The molecule has 0 bridgehead atoms. The molecule has 7 heteroatoms. The molecular formula is C27H24BrFN2O3. The molecule has 2 aliphatic heterocycles. The predicted octanol–water partition coefficient (Wildman–Crippen LogP) is 5.54. The van der Waals surface area contributed by atoms with Crippen molar-refractivity contribution in [2.45, 2.75) is 13.5 Å². The number of ether oxygens (including phenoxy) is 1. The van der Waals surface area contributed by atoms with Gasteiger partial charge in [-0.1, -0.05) is 46.3 Å². The first kappa shape index (κ1) is 22.6. The maximum Gasteiger partial charge on any atom is 0.232 e. The maximum atomic E-state index is 14.2. The molecule has 0 amide bonds. The van der Waals surface area contributed by atoms with E-state index in [0.29, 0.717) is 60.9 Å². The van der Waals surface area contributed by atoms with E-state index in [1.165, 1.54) is 6.07 Å². The van der Waals surface area contributed by atoms with Gasteiger partial charge in [-0.15, -0.1) is 0 Å². The van der Waals surface area contributed by atoms with Crippen LogP contribution in [0.2, 0.25) is 0 Å². The molecule has 174 valence electrons. The number of allylic oxidation sites excluding steroid dienone is 1. The summed E-state index contributed by atoms with van der Waals surface area (Å²) in [5.41, 5.74) is 3.23. The van der Waals surface area contributed by atoms with Crippen LogP contribution < -0.4 is 9.64 Å². The van der Waals surface area contributed by atoms with E-state index in [-0.39, 0.29) is 23.1 Å². The van der Waals surface area contributed by atoms with Crippen LogP contribution in [-0.2, 0) is 6.54 Å². The molecular weight excluding hydrogens is 499 g/mol. The summed E-state index contributed by atoms with van der Waals surface area (Å²) in [7, 11) is 0. The lowest BCUT2D eigenvalue weighted by molar-refractivity contribution is 0.101. The molecule has 0 atom stereocenters. The van der Waals surface area contributed by atoms with Gasteiger partial charge in [-0.3, -0.25) is 9.69 Å². The van der Waals surface area contributed by atoms with E-state index < -0.39 is 0 Å². The van der Waals surface area contributed by atoms with Gasteiger partial charge in [0.25, 0.3) is 0 Å². The summed E-state index contributed by atoms with van der Waals surface area (Å²) in [5.74, 6) is 0.372. The molecule has 3 aromatic rings. The largest absolute Gasteiger partial charge is 0.507 e. The lowest BCUT2D eigenvalue weighted by atomic mass is 9.99. The van der Waals surface area contributed by atoms with Gasteiger partial charge in [0, 0.05) is 37.2 Å². The minimum absolute atomic E-state index is 0.114. The van der Waals surface area contributed by atoms with Crippen LogP contribution in [-0.4, -0.2) is 42.0 Å². The van der Waals surface area contributed by atoms with Crippen molar-refractivity contribution in [2.24, 2.45) is 0 Å². The number of halogens is 2. The van der Waals surface area contributed by atoms with Crippen LogP contribution in [0.15, 0.2) is 64.8 Å². The van der Waals surface area contributed by atoms with Gasteiger partial charge in [-0.25, -0.2) is 4.39 Å². The zero-order chi connectivity index (χ0) is 23.8. The number of rotatable bonds is 4. The Kier molecular flexibility index (Phi) is 6.15. The molecule has 2 heterocycles. The highest BCUT2D eigenvalue weighted by atomic mass is 79.9. The monoisotopic (exact) mass is 522 g/mol. The number of anilines is 1. The average Bonchev–Trinajstić information content (AvgIpc) is 3.15. The zero-order valence-corrected chi connectivity index (χ0v) is 20.3. The molecule has 2 aliphatic rings. The quantitative estimate of drug-likeness (QED) is 0.456. The third-order valence-corrected chi connectivity index (χ3v) is 7.08. The Morgan fingerprint density at radius 1 is 1.09 bits per heavy atom. The van der Waals surface area contributed by atoms with Crippen LogP contribution in [0, 0.1) is 12.7 Å². The van der Waals surface area contributed by atoms with Gasteiger partial charge < -0.3 is 14.7 Å². The molecule has 0 aliphatic carbocycles. The first-order valence-corrected chi connectivity index (χ1v) is 12.0. The van der Waals surface area contributed by atoms with Crippen molar-refractivity contribution in [2.75, 3.05) is 31.1 Å². The molecule has 0 aromatic heterocycles. The predicted molar refractivity (Wildman–Crippen MR) is 134 cm³/mol. The van der Waals surface area contributed by atoms with Gasteiger partial charge in [-0.2, -0.15) is 0 Å². The molecule has 0 spiro atoms. The lowest BCUT2D eigenvalue weighted by Gasteiger charge is -2.36. The number of Topliss-reactive ketones (excluding diaryl/α,β-unsaturated/α-hetero) is 1. The van der Waals surface area contributed by atoms with Gasteiger partial charge in [-0.05, 0) is 48.4 Å². The van der Waals surface area contributed by atoms with Crippen molar-refractivity contribution < 1.29 is 19.0 Å². The number of benzene rings is 3. The number of nitrogens with zero attached hydrogens (tertiary/aromatic N) is 2. The van der Waals surface area contributed by atoms with Crippen LogP contribution in [0.4, 0.5) is 10.1 Å². The number of piperazine rings is 1. The summed E-state index contributed by atoms with van der Waals surface area (Å²) in [6.45, 7) is 4.98. The normalized spacial score (nSPS) is 17.2. The van der Waals surface area contributed by atoms with Gasteiger partial charge in [0.05, 0.1) is 16.8 Å². The molecule has 0 unspecified atom stereocenters. The fourth-order valence-electron chi connectivity index (χ4n) is 4.54. The van der Waals surface area contributed by atoms with E-state index in [2.05, 4.69) is 20.8 Å². The Morgan fingerprint density at radius 2 is 1.79 bits per heavy atom. The average molecular weight is 523 g/mol. The summed E-state index contributed by atoms with van der Waals surface area (Å²) in [5, 5.41) is 10.8. The van der Waals surface area contributed by atoms with E-state index in [1.807, 2.05) is 35.2 Å². The van der Waals surface area contributed by atoms with Crippen molar-refractivity contribution in [1.82, 2.24) is 4.90 Å². The minimum atomic E-state index is -0.221.